The molecule has 100 valence electrons. The maximum atomic E-state index is 5.95. The Hall–Kier alpha value is -1.75. The van der Waals surface area contributed by atoms with Crippen molar-refractivity contribution in [3.05, 3.63) is 36.2 Å². The van der Waals surface area contributed by atoms with Crippen LogP contribution in [-0.4, -0.2) is 17.1 Å². The van der Waals surface area contributed by atoms with Crippen LogP contribution < -0.4 is 10.5 Å². The SMILES string of the molecule is COc1ccccc1Sc1ncnc(N)c1C(C)C. The van der Waals surface area contributed by atoms with Gasteiger partial charge in [0.15, 0.2) is 0 Å². The number of aromatic nitrogens is 2. The summed E-state index contributed by atoms with van der Waals surface area (Å²) in [5, 5.41) is 0.881. The highest BCUT2D eigenvalue weighted by atomic mass is 32.2. The van der Waals surface area contributed by atoms with Crippen molar-refractivity contribution < 1.29 is 4.74 Å². The van der Waals surface area contributed by atoms with E-state index >= 15 is 0 Å². The number of nitrogens with two attached hydrogens (primary N) is 1. The predicted octanol–water partition coefficient (Wildman–Crippen LogP) is 3.34. The highest BCUT2D eigenvalue weighted by Gasteiger charge is 2.15. The van der Waals surface area contributed by atoms with Gasteiger partial charge in [-0.05, 0) is 18.1 Å². The van der Waals surface area contributed by atoms with E-state index in [1.54, 1.807) is 18.9 Å². The number of rotatable bonds is 4. The maximum absolute atomic E-state index is 5.95. The fraction of sp³-hybridized carbons (Fsp3) is 0.286. The lowest BCUT2D eigenvalue weighted by Crippen LogP contribution is -2.03. The van der Waals surface area contributed by atoms with Crippen LogP contribution in [-0.2, 0) is 0 Å². The first-order valence-corrected chi connectivity index (χ1v) is 6.86. The molecule has 2 N–H and O–H groups in total. The minimum Gasteiger partial charge on any atom is -0.496 e. The normalized spacial score (nSPS) is 10.7. The molecule has 1 aromatic carbocycles. The molecule has 2 aromatic rings. The van der Waals surface area contributed by atoms with Gasteiger partial charge in [-0.2, -0.15) is 0 Å². The second-order valence-corrected chi connectivity index (χ2v) is 5.42. The van der Waals surface area contributed by atoms with Gasteiger partial charge in [-0.25, -0.2) is 9.97 Å². The van der Waals surface area contributed by atoms with Crippen molar-refractivity contribution >= 4 is 17.6 Å². The molecule has 0 saturated carbocycles. The van der Waals surface area contributed by atoms with Crippen LogP contribution in [0.1, 0.15) is 25.3 Å². The Balaban J connectivity index is 2.41. The summed E-state index contributed by atoms with van der Waals surface area (Å²) >= 11 is 1.55. The predicted molar refractivity (Wildman–Crippen MR) is 77.7 cm³/mol. The van der Waals surface area contributed by atoms with Gasteiger partial charge in [0.1, 0.15) is 22.9 Å². The number of hydrogen-bond acceptors (Lipinski definition) is 5. The molecule has 0 saturated heterocycles. The Morgan fingerprint density at radius 1 is 1.21 bits per heavy atom. The maximum Gasteiger partial charge on any atom is 0.132 e. The lowest BCUT2D eigenvalue weighted by Gasteiger charge is -2.14. The van der Waals surface area contributed by atoms with E-state index in [1.165, 1.54) is 6.33 Å². The molecule has 0 fully saturated rings. The smallest absolute Gasteiger partial charge is 0.132 e. The largest absolute Gasteiger partial charge is 0.496 e. The van der Waals surface area contributed by atoms with Crippen LogP contribution >= 0.6 is 11.8 Å². The van der Waals surface area contributed by atoms with Gasteiger partial charge in [-0.3, -0.25) is 0 Å². The zero-order valence-corrected chi connectivity index (χ0v) is 12.1. The summed E-state index contributed by atoms with van der Waals surface area (Å²) in [5.41, 5.74) is 6.94. The molecule has 19 heavy (non-hydrogen) atoms. The highest BCUT2D eigenvalue weighted by Crippen LogP contribution is 2.38. The first-order valence-electron chi connectivity index (χ1n) is 6.04. The summed E-state index contributed by atoms with van der Waals surface area (Å²) in [6.07, 6.45) is 1.50. The molecule has 1 heterocycles. The van der Waals surface area contributed by atoms with Crippen LogP contribution in [0.4, 0.5) is 5.82 Å². The number of methoxy groups -OCH3 is 1. The van der Waals surface area contributed by atoms with Gasteiger partial charge in [-0.1, -0.05) is 37.7 Å². The van der Waals surface area contributed by atoms with Crippen molar-refractivity contribution in [1.82, 2.24) is 9.97 Å². The molecule has 0 atom stereocenters. The average Bonchev–Trinajstić information content (AvgIpc) is 2.39. The molecule has 5 heteroatoms. The van der Waals surface area contributed by atoms with Gasteiger partial charge in [0.2, 0.25) is 0 Å². The summed E-state index contributed by atoms with van der Waals surface area (Å²) in [7, 11) is 1.66. The summed E-state index contributed by atoms with van der Waals surface area (Å²) in [5.74, 6) is 1.65. The lowest BCUT2D eigenvalue weighted by atomic mass is 10.1. The Bertz CT molecular complexity index is 572. The molecule has 0 aliphatic heterocycles. The summed E-state index contributed by atoms with van der Waals surface area (Å²) in [4.78, 5) is 9.43. The van der Waals surface area contributed by atoms with Gasteiger partial charge >= 0.3 is 0 Å². The number of para-hydroxylation sites is 1. The van der Waals surface area contributed by atoms with E-state index in [2.05, 4.69) is 23.8 Å². The molecule has 0 amide bonds. The summed E-state index contributed by atoms with van der Waals surface area (Å²) < 4.78 is 5.35. The minimum atomic E-state index is 0.276. The van der Waals surface area contributed by atoms with E-state index in [-0.39, 0.29) is 5.92 Å². The molecule has 0 bridgehead atoms. The Kier molecular flexibility index (Phi) is 4.27. The molecule has 1 aromatic heterocycles. The standard InChI is InChI=1S/C14H17N3OS/c1-9(2)12-13(15)16-8-17-14(12)19-11-7-5-4-6-10(11)18-3/h4-9H,1-3H3,(H2,15,16,17). The van der Waals surface area contributed by atoms with Gasteiger partial charge in [0, 0.05) is 5.56 Å². The molecule has 0 spiro atoms. The fourth-order valence-corrected chi connectivity index (χ4v) is 2.98. The molecule has 0 radical (unpaired) electrons. The van der Waals surface area contributed by atoms with E-state index in [9.17, 15) is 0 Å². The van der Waals surface area contributed by atoms with E-state index in [0.29, 0.717) is 5.82 Å². The van der Waals surface area contributed by atoms with Crippen molar-refractivity contribution in [2.24, 2.45) is 0 Å². The molecule has 4 nitrogen and oxygen atoms in total. The van der Waals surface area contributed by atoms with Crippen molar-refractivity contribution in [1.29, 1.82) is 0 Å². The number of anilines is 1. The third kappa shape index (κ3) is 2.98. The first-order chi connectivity index (χ1) is 9.13. The second kappa shape index (κ2) is 5.93. The third-order valence-corrected chi connectivity index (χ3v) is 3.81. The summed E-state index contributed by atoms with van der Waals surface area (Å²) in [6.45, 7) is 4.17. The Morgan fingerprint density at radius 2 is 1.95 bits per heavy atom. The van der Waals surface area contributed by atoms with Gasteiger partial charge in [0.05, 0.1) is 12.0 Å². The van der Waals surface area contributed by atoms with Crippen molar-refractivity contribution in [2.75, 3.05) is 12.8 Å². The minimum absolute atomic E-state index is 0.276. The van der Waals surface area contributed by atoms with Crippen molar-refractivity contribution in [3.8, 4) is 5.75 Å². The van der Waals surface area contributed by atoms with E-state index < -0.39 is 0 Å². The monoisotopic (exact) mass is 275 g/mol. The third-order valence-electron chi connectivity index (χ3n) is 2.73. The molecular weight excluding hydrogens is 258 g/mol. The van der Waals surface area contributed by atoms with Crippen LogP contribution in [0.15, 0.2) is 40.5 Å². The quantitative estimate of drug-likeness (QED) is 0.867. The van der Waals surface area contributed by atoms with Gasteiger partial charge in [-0.15, -0.1) is 0 Å². The second-order valence-electron chi connectivity index (χ2n) is 4.39. The van der Waals surface area contributed by atoms with Crippen LogP contribution in [0.3, 0.4) is 0 Å². The fourth-order valence-electron chi connectivity index (χ4n) is 1.82. The molecule has 2 rings (SSSR count). The van der Waals surface area contributed by atoms with E-state index in [1.807, 2.05) is 24.3 Å². The van der Waals surface area contributed by atoms with Crippen LogP contribution in [0.2, 0.25) is 0 Å². The number of hydrogen-bond donors (Lipinski definition) is 1. The first kappa shape index (κ1) is 13.7. The highest BCUT2D eigenvalue weighted by molar-refractivity contribution is 7.99. The van der Waals surface area contributed by atoms with Crippen LogP contribution in [0, 0.1) is 0 Å². The van der Waals surface area contributed by atoms with Crippen molar-refractivity contribution in [3.63, 3.8) is 0 Å². The Morgan fingerprint density at radius 3 is 2.63 bits per heavy atom. The molecule has 0 aliphatic carbocycles. The van der Waals surface area contributed by atoms with Crippen molar-refractivity contribution in [2.45, 2.75) is 29.7 Å². The average molecular weight is 275 g/mol. The topological polar surface area (TPSA) is 61.0 Å². The zero-order chi connectivity index (χ0) is 13.8. The number of nitrogen functional groups attached to an aromatic ring is 1. The van der Waals surface area contributed by atoms with Crippen LogP contribution in [0.25, 0.3) is 0 Å². The molecule has 0 aliphatic rings. The van der Waals surface area contributed by atoms with E-state index in [4.69, 9.17) is 10.5 Å². The van der Waals surface area contributed by atoms with Gasteiger partial charge in [0.25, 0.3) is 0 Å². The Labute approximate surface area is 117 Å². The molecular formula is C14H17N3OS. The molecule has 0 unspecified atom stereocenters. The summed E-state index contributed by atoms with van der Waals surface area (Å²) in [6, 6.07) is 7.86. The lowest BCUT2D eigenvalue weighted by molar-refractivity contribution is 0.405. The zero-order valence-electron chi connectivity index (χ0n) is 11.3. The number of nitrogens with zero attached hydrogens (tertiary/aromatic N) is 2. The van der Waals surface area contributed by atoms with Crippen LogP contribution in [0.5, 0.6) is 5.75 Å². The van der Waals surface area contributed by atoms with E-state index in [0.717, 1.165) is 21.2 Å². The number of ether oxygens (including phenoxy) is 1. The van der Waals surface area contributed by atoms with Gasteiger partial charge < -0.3 is 10.5 Å². The number of benzene rings is 1.